The van der Waals surface area contributed by atoms with E-state index in [2.05, 4.69) is 51.8 Å². The summed E-state index contributed by atoms with van der Waals surface area (Å²) in [5, 5.41) is 0. The van der Waals surface area contributed by atoms with E-state index in [4.69, 9.17) is 0 Å². The van der Waals surface area contributed by atoms with Gasteiger partial charge in [0.05, 0.1) is 0 Å². The van der Waals surface area contributed by atoms with Crippen molar-refractivity contribution in [2.24, 2.45) is 11.8 Å². The number of allylic oxidation sites excluding steroid dienone is 4. The standard InChI is InChI=1S/C7H13.2C7H11.3CH4.7Y/c3*1-7-5-3-2-4-6-7;;;;;;;;;;/h2,7H,3-6H2,1H3;3,7H,4-6H2,1H3;2,5H,3-4,6H2,1H3;3*1H4;;;;;;;/q3*-1;;;;;;;;;;. The van der Waals surface area contributed by atoms with E-state index in [-0.39, 0.29) is 251 Å². The first-order chi connectivity index (χ1) is 10.2. The molecule has 3 aliphatic rings. The summed E-state index contributed by atoms with van der Waals surface area (Å²) >= 11 is 0. The quantitative estimate of drug-likeness (QED) is 0.169. The Morgan fingerprint density at radius 3 is 1.45 bits per heavy atom. The van der Waals surface area contributed by atoms with Gasteiger partial charge >= 0.3 is 0 Å². The Kier molecular flexibility index (Phi) is 107. The van der Waals surface area contributed by atoms with Gasteiger partial charge in [-0.3, -0.25) is 6.08 Å². The van der Waals surface area contributed by atoms with E-state index in [0.29, 0.717) is 0 Å². The first kappa shape index (κ1) is 66.5. The van der Waals surface area contributed by atoms with Crippen LogP contribution in [0.5, 0.6) is 0 Å². The predicted molar refractivity (Wildman–Crippen MR) is 115 cm³/mol. The van der Waals surface area contributed by atoms with Gasteiger partial charge in [0.15, 0.2) is 0 Å². The van der Waals surface area contributed by atoms with Crippen molar-refractivity contribution in [1.29, 1.82) is 0 Å². The molecule has 0 bridgehead atoms. The molecule has 0 spiro atoms. The molecule has 7 heteroatoms. The zero-order valence-electron chi connectivity index (χ0n) is 18.6. The van der Waals surface area contributed by atoms with E-state index in [1.807, 2.05) is 0 Å². The van der Waals surface area contributed by atoms with Crippen LogP contribution in [0, 0.1) is 30.8 Å². The summed E-state index contributed by atoms with van der Waals surface area (Å²) < 4.78 is 0. The van der Waals surface area contributed by atoms with Gasteiger partial charge in [-0.15, -0.1) is 6.08 Å². The summed E-state index contributed by atoms with van der Waals surface area (Å²) in [6.07, 6.45) is 25.5. The van der Waals surface area contributed by atoms with Crippen molar-refractivity contribution in [3.8, 4) is 0 Å². The van der Waals surface area contributed by atoms with Crippen molar-refractivity contribution in [1.82, 2.24) is 0 Å². The van der Waals surface area contributed by atoms with Gasteiger partial charge in [0.25, 0.3) is 0 Å². The fourth-order valence-corrected chi connectivity index (χ4v) is 2.76. The van der Waals surface area contributed by atoms with Crippen LogP contribution in [0.15, 0.2) is 17.7 Å². The van der Waals surface area contributed by atoms with Crippen LogP contribution in [-0.2, 0) is 229 Å². The van der Waals surface area contributed by atoms with E-state index in [0.717, 1.165) is 11.8 Å². The van der Waals surface area contributed by atoms with Crippen molar-refractivity contribution >= 4 is 0 Å². The molecule has 1 fully saturated rings. The van der Waals surface area contributed by atoms with Gasteiger partial charge in [-0.05, 0) is 18.8 Å². The normalized spacial score (nSPS) is 17.5. The molecule has 0 aromatic heterocycles. The Morgan fingerprint density at radius 1 is 0.742 bits per heavy atom. The second-order valence-electron chi connectivity index (χ2n) is 6.95. The maximum absolute atomic E-state index is 3.19. The fraction of sp³-hybridized carbons (Fsp3) is 0.750. The fourth-order valence-electron chi connectivity index (χ4n) is 2.76. The smallest absolute Gasteiger partial charge is 0 e. The van der Waals surface area contributed by atoms with Crippen molar-refractivity contribution in [2.75, 3.05) is 0 Å². The summed E-state index contributed by atoms with van der Waals surface area (Å²) in [6, 6.07) is 0. The molecule has 0 aromatic rings. The van der Waals surface area contributed by atoms with Gasteiger partial charge in [0.2, 0.25) is 0 Å². The van der Waals surface area contributed by atoms with Gasteiger partial charge in [-0.25, -0.2) is 0 Å². The third-order valence-corrected chi connectivity index (χ3v) is 4.55. The minimum absolute atomic E-state index is 0. The van der Waals surface area contributed by atoms with Gasteiger partial charge in [0.1, 0.15) is 0 Å². The average Bonchev–Trinajstić information content (AvgIpc) is 2.51. The van der Waals surface area contributed by atoms with E-state index < -0.39 is 0 Å². The van der Waals surface area contributed by atoms with E-state index >= 15 is 0 Å². The molecule has 31 heavy (non-hydrogen) atoms. The van der Waals surface area contributed by atoms with Crippen LogP contribution in [0.25, 0.3) is 0 Å². The Hall–Kier alpha value is 7.21. The zero-order valence-corrected chi connectivity index (χ0v) is 38.4. The largest absolute Gasteiger partial charge is 0.501 e. The van der Waals surface area contributed by atoms with E-state index in [1.165, 1.54) is 64.2 Å². The van der Waals surface area contributed by atoms with Crippen molar-refractivity contribution in [2.45, 2.75) is 107 Å². The number of hydrogen-bond acceptors (Lipinski definition) is 0. The molecule has 3 aliphatic carbocycles. The molecule has 0 N–H and O–H groups in total. The van der Waals surface area contributed by atoms with Crippen molar-refractivity contribution < 1.29 is 229 Å². The molecule has 1 atom stereocenters. The molecule has 3 rings (SSSR count). The monoisotopic (exact) mass is 958 g/mol. The molecule has 1 saturated carbocycles. The molecule has 0 aliphatic heterocycles. The molecule has 7 radical (unpaired) electrons. The van der Waals surface area contributed by atoms with Crippen molar-refractivity contribution in [3.63, 3.8) is 0 Å². The van der Waals surface area contributed by atoms with Crippen LogP contribution in [0.3, 0.4) is 0 Å². The summed E-state index contributed by atoms with van der Waals surface area (Å²) in [7, 11) is 0. The first-order valence-corrected chi connectivity index (χ1v) is 9.02. The number of rotatable bonds is 0. The van der Waals surface area contributed by atoms with Crippen LogP contribution in [0.4, 0.5) is 0 Å². The van der Waals surface area contributed by atoms with Gasteiger partial charge < -0.3 is 18.9 Å². The first-order valence-electron chi connectivity index (χ1n) is 9.02. The average molecular weight is 958 g/mol. The molecule has 0 aromatic carbocycles. The zero-order chi connectivity index (χ0) is 15.3. The molecule has 0 saturated heterocycles. The Morgan fingerprint density at radius 2 is 1.26 bits per heavy atom. The maximum atomic E-state index is 3.19. The summed E-state index contributed by atoms with van der Waals surface area (Å²) in [6.45, 7) is 6.83. The Bertz CT molecular complexity index is 315. The van der Waals surface area contributed by atoms with Crippen LogP contribution in [0.2, 0.25) is 0 Å². The molecule has 0 amide bonds. The minimum atomic E-state index is 0. The summed E-state index contributed by atoms with van der Waals surface area (Å²) in [5.41, 5.74) is 1.56. The Balaban J connectivity index is -0.0000000230. The molecule has 167 valence electrons. The molecule has 0 nitrogen and oxygen atoms in total. The molecule has 0 heterocycles. The van der Waals surface area contributed by atoms with Crippen LogP contribution < -0.4 is 0 Å². The third-order valence-electron chi connectivity index (χ3n) is 4.55. The summed E-state index contributed by atoms with van der Waals surface area (Å²) in [4.78, 5) is 0. The second-order valence-corrected chi connectivity index (χ2v) is 6.95. The van der Waals surface area contributed by atoms with Gasteiger partial charge in [0, 0.05) is 229 Å². The minimum Gasteiger partial charge on any atom is -0.501 e. The Labute approximate surface area is 375 Å². The van der Waals surface area contributed by atoms with Crippen LogP contribution >= 0.6 is 0 Å². The molecular formula is C24H47Y7-3. The second kappa shape index (κ2) is 50.1. The van der Waals surface area contributed by atoms with Crippen LogP contribution in [0.1, 0.15) is 107 Å². The maximum Gasteiger partial charge on any atom is 0 e. The van der Waals surface area contributed by atoms with Crippen molar-refractivity contribution in [3.05, 3.63) is 36.6 Å². The van der Waals surface area contributed by atoms with Gasteiger partial charge in [-0.2, -0.15) is 32.1 Å². The van der Waals surface area contributed by atoms with E-state index in [1.54, 1.807) is 5.57 Å². The predicted octanol–water partition coefficient (Wildman–Crippen LogP) is 8.78. The SMILES string of the molecule is C.C.C.CC1=CC[CH-]CC1.CC1CC=[C-]CC1.CC1CC[CH-]CC1.[Y].[Y].[Y].[Y].[Y].[Y].[Y]. The number of hydrogen-bond donors (Lipinski definition) is 0. The van der Waals surface area contributed by atoms with E-state index in [9.17, 15) is 0 Å². The third kappa shape index (κ3) is 47.4. The topological polar surface area (TPSA) is 0 Å². The summed E-state index contributed by atoms with van der Waals surface area (Å²) in [5.74, 6) is 1.92. The molecular weight excluding hydrogens is 911 g/mol. The molecule has 1 unspecified atom stereocenters. The van der Waals surface area contributed by atoms with Crippen LogP contribution in [-0.4, -0.2) is 0 Å². The van der Waals surface area contributed by atoms with Gasteiger partial charge in [-0.1, -0.05) is 73.8 Å².